The molecule has 2 saturated heterocycles. The molecule has 3 aromatic carbocycles. The number of carbonyl (C=O) groups excluding carboxylic acids is 4. The van der Waals surface area contributed by atoms with E-state index >= 15 is 0 Å². The van der Waals surface area contributed by atoms with Gasteiger partial charge in [0.1, 0.15) is 11.6 Å². The number of ether oxygens (including phenoxy) is 2. The molecule has 0 aliphatic carbocycles. The van der Waals surface area contributed by atoms with Gasteiger partial charge in [-0.25, -0.2) is 19.6 Å². The van der Waals surface area contributed by atoms with Crippen LogP contribution in [0.4, 0.5) is 21.2 Å². The predicted octanol–water partition coefficient (Wildman–Crippen LogP) is 6.93. The minimum atomic E-state index is -0.118. The van der Waals surface area contributed by atoms with Crippen LogP contribution < -0.4 is 16.0 Å². The Morgan fingerprint density at radius 3 is 1.74 bits per heavy atom. The van der Waals surface area contributed by atoms with E-state index in [2.05, 4.69) is 107 Å². The Balaban J connectivity index is 0.000000138. The summed E-state index contributed by atoms with van der Waals surface area (Å²) in [7, 11) is 0. The largest absolute Gasteiger partial charge is 0.379 e. The fraction of sp³-hybridized carbons (Fsp3) is 0.379. The lowest BCUT2D eigenvalue weighted by molar-refractivity contribution is -0.127. The number of fused-ring (bicyclic) bond motifs is 5. The van der Waals surface area contributed by atoms with Gasteiger partial charge in [-0.2, -0.15) is 0 Å². The first kappa shape index (κ1) is 54.0. The molecule has 0 atom stereocenters. The Morgan fingerprint density at radius 1 is 0.592 bits per heavy atom. The Morgan fingerprint density at radius 2 is 1.12 bits per heavy atom. The summed E-state index contributed by atoms with van der Waals surface area (Å²) < 4.78 is 11.6. The lowest BCUT2D eigenvalue weighted by Crippen LogP contribution is -2.48. The molecule has 6 amide bonds. The molecule has 3 N–H and O–H groups in total. The number of aromatic nitrogens is 2. The molecule has 398 valence electrons. The fourth-order valence-electron chi connectivity index (χ4n) is 10.0. The monoisotopic (exact) mass is 1090 g/mol. The zero-order chi connectivity index (χ0) is 52.6. The van der Waals surface area contributed by atoms with Crippen molar-refractivity contribution in [1.82, 2.24) is 44.7 Å². The van der Waals surface area contributed by atoms with E-state index in [1.807, 2.05) is 57.2 Å². The maximum absolute atomic E-state index is 12.7. The molecule has 17 nitrogen and oxygen atoms in total. The predicted molar refractivity (Wildman–Crippen MR) is 297 cm³/mol. The Bertz CT molecular complexity index is 2850. The second-order valence-electron chi connectivity index (χ2n) is 19.5. The summed E-state index contributed by atoms with van der Waals surface area (Å²) in [6.45, 7) is 18.3. The molecule has 5 aromatic rings. The summed E-state index contributed by atoms with van der Waals surface area (Å²) in [6, 6.07) is 29.0. The van der Waals surface area contributed by atoms with Crippen LogP contribution in [0.15, 0.2) is 121 Å². The molecule has 0 spiro atoms. The molecule has 7 aliphatic heterocycles. The highest BCUT2D eigenvalue weighted by atomic mass is 79.9. The number of pyridine rings is 2. The first-order valence-corrected chi connectivity index (χ1v) is 27.1. The maximum Gasteiger partial charge on any atom is 0.324 e. The van der Waals surface area contributed by atoms with E-state index in [9.17, 15) is 19.2 Å². The number of hydrogen-bond acceptors (Lipinski definition) is 11. The highest BCUT2D eigenvalue weighted by Gasteiger charge is 2.27. The van der Waals surface area contributed by atoms with Crippen LogP contribution in [0, 0.1) is 0 Å². The molecule has 0 saturated carbocycles. The van der Waals surface area contributed by atoms with Crippen LogP contribution in [0.5, 0.6) is 0 Å². The minimum Gasteiger partial charge on any atom is -0.379 e. The summed E-state index contributed by atoms with van der Waals surface area (Å²) >= 11 is 3.40. The number of halogens is 1. The van der Waals surface area contributed by atoms with Gasteiger partial charge >= 0.3 is 12.1 Å². The summed E-state index contributed by atoms with van der Waals surface area (Å²) in [5.74, 6) is 1.28. The third-order valence-corrected chi connectivity index (χ3v) is 14.8. The summed E-state index contributed by atoms with van der Waals surface area (Å²) in [5.41, 5.74) is 11.0. The third kappa shape index (κ3) is 14.8. The third-order valence-electron chi connectivity index (χ3n) is 14.4. The van der Waals surface area contributed by atoms with Gasteiger partial charge in [-0.3, -0.25) is 30.0 Å². The molecule has 2 fully saturated rings. The standard InChI is InChI=1S/C25H29N5O3.C12H15BrN4O2.C12H13NO.C9H11N/c31-23(29-8-7-20-3-1-2-4-21(20)17-29)6-5-19-15-22-18-30(25(32)27-24(22)26-16-19)10-9-28-11-13-33-14-12-28;13-10-5-9-7-17(8-16-1-3-19-4-2-16)12(18)15-11(9)14-6-10;1-2-12(14)13-8-7-10-5-3-4-6-11(10)9-13;1-2-4-9-7-10-6-5-8(9)3-1/h1-6,15-16H,7-14,17-18H2,(H,26,27,32);5-6H,1-4,7-8H2,(H,14,15,18);2-6H,1,7-9H2;1-4,10H,5-7H2/b6-5+;;;. The Hall–Kier alpha value is -6.80. The molecular formula is C58H68BrN11O6. The van der Waals surface area contributed by atoms with Gasteiger partial charge in [0, 0.05) is 106 Å². The fourth-order valence-corrected chi connectivity index (χ4v) is 10.4. The number of nitrogens with zero attached hydrogens (tertiary/aromatic N) is 8. The highest BCUT2D eigenvalue weighted by molar-refractivity contribution is 9.10. The number of nitrogens with one attached hydrogen (secondary N) is 3. The summed E-state index contributed by atoms with van der Waals surface area (Å²) in [5, 5.41) is 9.05. The zero-order valence-corrected chi connectivity index (χ0v) is 44.7. The summed E-state index contributed by atoms with van der Waals surface area (Å²) in [4.78, 5) is 69.1. The number of benzene rings is 3. The van der Waals surface area contributed by atoms with Crippen molar-refractivity contribution < 1.29 is 28.7 Å². The van der Waals surface area contributed by atoms with Crippen molar-refractivity contribution in [1.29, 1.82) is 0 Å². The SMILES string of the molecule is C=CC(=O)N1CCc2ccccc2C1.O=C(/C=C/c1cnc2c(c1)CN(CCN1CCOCC1)C(=O)N2)N1CCc2ccccc2C1.O=C1Nc2ncc(Br)cc2CN1CN1CCOCC1.c1ccc2c(c1)CCNC2. The van der Waals surface area contributed by atoms with Crippen molar-refractivity contribution >= 4 is 57.5 Å². The van der Waals surface area contributed by atoms with E-state index in [1.54, 1.807) is 23.4 Å². The van der Waals surface area contributed by atoms with Crippen LogP contribution in [-0.4, -0.2) is 155 Å². The second kappa shape index (κ2) is 26.8. The van der Waals surface area contributed by atoms with Gasteiger partial charge < -0.3 is 34.4 Å². The van der Waals surface area contributed by atoms with Crippen molar-refractivity contribution in [3.63, 3.8) is 0 Å². The smallest absolute Gasteiger partial charge is 0.324 e. The van der Waals surface area contributed by atoms with Crippen molar-refractivity contribution in [3.8, 4) is 0 Å². The maximum atomic E-state index is 12.7. The molecular weight excluding hydrogens is 1030 g/mol. The number of carbonyl (C=O) groups is 4. The molecule has 0 bridgehead atoms. The van der Waals surface area contributed by atoms with E-state index < -0.39 is 0 Å². The molecule has 12 rings (SSSR count). The van der Waals surface area contributed by atoms with Crippen LogP contribution >= 0.6 is 15.9 Å². The topological polar surface area (TPSA) is 168 Å². The molecule has 7 aliphatic rings. The van der Waals surface area contributed by atoms with E-state index in [4.69, 9.17) is 9.47 Å². The lowest BCUT2D eigenvalue weighted by atomic mass is 10.00. The molecule has 2 aromatic heterocycles. The first-order valence-electron chi connectivity index (χ1n) is 26.3. The van der Waals surface area contributed by atoms with Gasteiger partial charge in [-0.15, -0.1) is 0 Å². The molecule has 76 heavy (non-hydrogen) atoms. The molecule has 0 unspecified atom stereocenters. The van der Waals surface area contributed by atoms with E-state index in [0.29, 0.717) is 44.5 Å². The average Bonchev–Trinajstić information content (AvgIpc) is 3.47. The Labute approximate surface area is 454 Å². The van der Waals surface area contributed by atoms with Crippen LogP contribution in [0.2, 0.25) is 0 Å². The number of anilines is 2. The number of morpholine rings is 2. The minimum absolute atomic E-state index is 0.00247. The van der Waals surface area contributed by atoms with Crippen LogP contribution in [0.3, 0.4) is 0 Å². The number of hydrogen-bond donors (Lipinski definition) is 3. The average molecular weight is 1100 g/mol. The second-order valence-corrected chi connectivity index (χ2v) is 20.4. The summed E-state index contributed by atoms with van der Waals surface area (Å²) in [6.07, 6.45) is 11.2. The molecule has 0 radical (unpaired) electrons. The van der Waals surface area contributed by atoms with Gasteiger partial charge in [0.2, 0.25) is 11.8 Å². The number of rotatable bonds is 8. The Kier molecular flexibility index (Phi) is 19.0. The van der Waals surface area contributed by atoms with Crippen LogP contribution in [-0.2, 0) is 71.0 Å². The van der Waals surface area contributed by atoms with E-state index in [-0.39, 0.29) is 23.9 Å². The van der Waals surface area contributed by atoms with Crippen LogP contribution in [0.1, 0.15) is 50.1 Å². The lowest BCUT2D eigenvalue weighted by Gasteiger charge is -2.35. The quantitative estimate of drug-likeness (QED) is 0.138. The van der Waals surface area contributed by atoms with Gasteiger partial charge in [0.25, 0.3) is 0 Å². The molecule has 9 heterocycles. The van der Waals surface area contributed by atoms with Gasteiger partial charge in [0.15, 0.2) is 0 Å². The zero-order valence-electron chi connectivity index (χ0n) is 43.1. The highest BCUT2D eigenvalue weighted by Crippen LogP contribution is 2.26. The van der Waals surface area contributed by atoms with E-state index in [1.165, 1.54) is 45.9 Å². The van der Waals surface area contributed by atoms with Crippen LogP contribution in [0.25, 0.3) is 6.08 Å². The van der Waals surface area contributed by atoms with Gasteiger partial charge in [-0.1, -0.05) is 79.4 Å². The van der Waals surface area contributed by atoms with Gasteiger partial charge in [0.05, 0.1) is 46.2 Å². The van der Waals surface area contributed by atoms with Crippen molar-refractivity contribution in [2.45, 2.75) is 52.0 Å². The van der Waals surface area contributed by atoms with Crippen molar-refractivity contribution in [2.75, 3.05) is 103 Å². The number of amides is 6. The normalized spacial score (nSPS) is 18.0. The van der Waals surface area contributed by atoms with Gasteiger partial charge in [-0.05, 0) is 105 Å². The number of urea groups is 2. The first-order chi connectivity index (χ1) is 37.1. The van der Waals surface area contributed by atoms with E-state index in [0.717, 1.165) is 126 Å². The van der Waals surface area contributed by atoms with Crippen molar-refractivity contribution in [2.24, 2.45) is 0 Å². The van der Waals surface area contributed by atoms with Crippen molar-refractivity contribution in [3.05, 3.63) is 171 Å². The molecule has 18 heteroatoms.